The van der Waals surface area contributed by atoms with Crippen LogP contribution >= 0.6 is 0 Å². The first kappa shape index (κ1) is 12.8. The highest BCUT2D eigenvalue weighted by atomic mass is 32.2. The molecule has 0 radical (unpaired) electrons. The molecule has 2 nitrogen and oxygen atoms in total. The second kappa shape index (κ2) is 7.27. The van der Waals surface area contributed by atoms with Crippen molar-refractivity contribution >= 4 is 10.8 Å². The van der Waals surface area contributed by atoms with Gasteiger partial charge in [0, 0.05) is 28.9 Å². The lowest BCUT2D eigenvalue weighted by Gasteiger charge is -2.09. The van der Waals surface area contributed by atoms with Crippen LogP contribution in [0.25, 0.3) is 0 Å². The molecular formula is C10H21NOS. The Morgan fingerprint density at radius 2 is 2.23 bits per heavy atom. The molecule has 0 bridgehead atoms. The Labute approximate surface area is 84.3 Å². The molecule has 0 fully saturated rings. The molecule has 0 aliphatic heterocycles. The Morgan fingerprint density at radius 1 is 1.62 bits per heavy atom. The van der Waals surface area contributed by atoms with E-state index in [9.17, 15) is 4.21 Å². The molecular weight excluding hydrogens is 182 g/mol. The van der Waals surface area contributed by atoms with Crippen LogP contribution in [0.5, 0.6) is 0 Å². The third-order valence-corrected chi connectivity index (χ3v) is 3.54. The summed E-state index contributed by atoms with van der Waals surface area (Å²) in [6.45, 7) is 9.85. The second-order valence-corrected chi connectivity index (χ2v) is 5.18. The van der Waals surface area contributed by atoms with Gasteiger partial charge >= 0.3 is 0 Å². The van der Waals surface area contributed by atoms with Crippen molar-refractivity contribution in [3.05, 3.63) is 12.2 Å². The van der Waals surface area contributed by atoms with Gasteiger partial charge in [-0.1, -0.05) is 26.0 Å². The summed E-state index contributed by atoms with van der Waals surface area (Å²) in [6, 6.07) is 0. The molecule has 0 spiro atoms. The zero-order valence-corrected chi connectivity index (χ0v) is 9.75. The molecule has 0 rings (SSSR count). The van der Waals surface area contributed by atoms with Gasteiger partial charge in [0.05, 0.1) is 0 Å². The molecule has 1 N–H and O–H groups in total. The lowest BCUT2D eigenvalue weighted by molar-refractivity contribution is 0.643. The average Bonchev–Trinajstić information content (AvgIpc) is 2.11. The van der Waals surface area contributed by atoms with Crippen LogP contribution in [0, 0.1) is 0 Å². The lowest BCUT2D eigenvalue weighted by Crippen LogP contribution is -2.22. The summed E-state index contributed by atoms with van der Waals surface area (Å²) < 4.78 is 11.0. The fourth-order valence-electron chi connectivity index (χ4n) is 0.861. The largest absolute Gasteiger partial charge is 0.313 e. The fraction of sp³-hybridized carbons (Fsp3) is 0.800. The van der Waals surface area contributed by atoms with Gasteiger partial charge in [-0.15, -0.1) is 0 Å². The van der Waals surface area contributed by atoms with Crippen LogP contribution in [0.2, 0.25) is 0 Å². The number of nitrogens with one attached hydrogen (secondary N) is 1. The molecule has 0 amide bonds. The van der Waals surface area contributed by atoms with Crippen molar-refractivity contribution in [2.45, 2.75) is 31.9 Å². The Balaban J connectivity index is 3.35. The average molecular weight is 203 g/mol. The van der Waals surface area contributed by atoms with Crippen molar-refractivity contribution in [1.29, 1.82) is 0 Å². The summed E-state index contributed by atoms with van der Waals surface area (Å²) in [5.74, 6) is 0. The van der Waals surface area contributed by atoms with E-state index in [1.54, 1.807) is 6.26 Å². The molecule has 0 aliphatic carbocycles. The van der Waals surface area contributed by atoms with Gasteiger partial charge in [0.15, 0.2) is 0 Å². The number of hydrogen-bond acceptors (Lipinski definition) is 2. The normalized spacial score (nSPS) is 15.3. The fourth-order valence-corrected chi connectivity index (χ4v) is 1.31. The zero-order valence-electron chi connectivity index (χ0n) is 8.93. The topological polar surface area (TPSA) is 29.1 Å². The molecule has 3 heteroatoms. The smallest absolute Gasteiger partial charge is 0.0329 e. The van der Waals surface area contributed by atoms with Crippen molar-refractivity contribution in [3.63, 3.8) is 0 Å². The Kier molecular flexibility index (Phi) is 7.19. The van der Waals surface area contributed by atoms with E-state index in [0.717, 1.165) is 25.9 Å². The standard InChI is InChI=1S/C10H21NOS/c1-5-9(2)8-11-7-6-10(3)13(4)12/h10-11H,2,5-8H2,1,3-4H3. The minimum atomic E-state index is -0.689. The summed E-state index contributed by atoms with van der Waals surface area (Å²) >= 11 is 0. The highest BCUT2D eigenvalue weighted by Gasteiger charge is 2.04. The van der Waals surface area contributed by atoms with E-state index < -0.39 is 10.8 Å². The Bertz CT molecular complexity index is 180. The monoisotopic (exact) mass is 203 g/mol. The maximum absolute atomic E-state index is 11.0. The lowest BCUT2D eigenvalue weighted by atomic mass is 10.2. The summed E-state index contributed by atoms with van der Waals surface area (Å²) in [7, 11) is -0.689. The van der Waals surface area contributed by atoms with E-state index in [-0.39, 0.29) is 0 Å². The van der Waals surface area contributed by atoms with Crippen molar-refractivity contribution in [3.8, 4) is 0 Å². The summed E-state index contributed by atoms with van der Waals surface area (Å²) in [5.41, 5.74) is 1.23. The second-order valence-electron chi connectivity index (χ2n) is 3.38. The van der Waals surface area contributed by atoms with Crippen molar-refractivity contribution in [1.82, 2.24) is 5.32 Å². The number of rotatable bonds is 7. The van der Waals surface area contributed by atoms with Crippen LogP contribution in [-0.4, -0.2) is 28.8 Å². The molecule has 78 valence electrons. The first-order valence-corrected chi connectivity index (χ1v) is 6.39. The van der Waals surface area contributed by atoms with Gasteiger partial charge in [0.25, 0.3) is 0 Å². The van der Waals surface area contributed by atoms with Gasteiger partial charge in [0.1, 0.15) is 0 Å². The Hall–Kier alpha value is -0.150. The van der Waals surface area contributed by atoms with E-state index >= 15 is 0 Å². The highest BCUT2D eigenvalue weighted by molar-refractivity contribution is 7.84. The van der Waals surface area contributed by atoms with Crippen molar-refractivity contribution in [2.24, 2.45) is 0 Å². The molecule has 0 aromatic rings. The highest BCUT2D eigenvalue weighted by Crippen LogP contribution is 1.98. The van der Waals surface area contributed by atoms with E-state index in [4.69, 9.17) is 0 Å². The molecule has 0 heterocycles. The maximum Gasteiger partial charge on any atom is 0.0329 e. The molecule has 0 aromatic carbocycles. The van der Waals surface area contributed by atoms with Gasteiger partial charge in [0.2, 0.25) is 0 Å². The van der Waals surface area contributed by atoms with E-state index in [1.165, 1.54) is 5.57 Å². The predicted molar refractivity (Wildman–Crippen MR) is 60.4 cm³/mol. The molecule has 13 heavy (non-hydrogen) atoms. The minimum absolute atomic E-state index is 0.294. The van der Waals surface area contributed by atoms with E-state index in [0.29, 0.717) is 5.25 Å². The van der Waals surface area contributed by atoms with E-state index in [2.05, 4.69) is 18.8 Å². The molecule has 2 atom stereocenters. The third-order valence-electron chi connectivity index (χ3n) is 2.17. The minimum Gasteiger partial charge on any atom is -0.313 e. The molecule has 0 aliphatic rings. The summed E-state index contributed by atoms with van der Waals surface area (Å²) in [6.07, 6.45) is 3.76. The number of hydrogen-bond donors (Lipinski definition) is 1. The van der Waals surface area contributed by atoms with Crippen LogP contribution in [-0.2, 0) is 10.8 Å². The van der Waals surface area contributed by atoms with Crippen LogP contribution in [0.1, 0.15) is 26.7 Å². The summed E-state index contributed by atoms with van der Waals surface area (Å²) in [4.78, 5) is 0. The van der Waals surface area contributed by atoms with Gasteiger partial charge in [-0.2, -0.15) is 0 Å². The first-order valence-electron chi connectivity index (χ1n) is 4.77. The van der Waals surface area contributed by atoms with Crippen LogP contribution in [0.3, 0.4) is 0 Å². The van der Waals surface area contributed by atoms with Gasteiger partial charge in [-0.25, -0.2) is 0 Å². The van der Waals surface area contributed by atoms with Gasteiger partial charge in [-0.05, 0) is 19.4 Å². The zero-order chi connectivity index (χ0) is 10.3. The molecule has 0 aromatic heterocycles. The molecule has 2 unspecified atom stereocenters. The quantitative estimate of drug-likeness (QED) is 0.504. The Morgan fingerprint density at radius 3 is 2.69 bits per heavy atom. The first-order chi connectivity index (χ1) is 6.07. The molecule has 0 saturated carbocycles. The summed E-state index contributed by atoms with van der Waals surface area (Å²) in [5, 5.41) is 3.58. The third kappa shape index (κ3) is 6.96. The van der Waals surface area contributed by atoms with E-state index in [1.807, 2.05) is 6.92 Å². The maximum atomic E-state index is 11.0. The van der Waals surface area contributed by atoms with Crippen molar-refractivity contribution < 1.29 is 4.21 Å². The SMILES string of the molecule is C=C(CC)CNCCC(C)S(C)=O. The van der Waals surface area contributed by atoms with Gasteiger partial charge in [-0.3, -0.25) is 4.21 Å². The van der Waals surface area contributed by atoms with Crippen LogP contribution in [0.4, 0.5) is 0 Å². The predicted octanol–water partition coefficient (Wildman–Crippen LogP) is 1.70. The van der Waals surface area contributed by atoms with Gasteiger partial charge < -0.3 is 5.32 Å². The molecule has 0 saturated heterocycles. The van der Waals surface area contributed by atoms with Crippen molar-refractivity contribution in [2.75, 3.05) is 19.3 Å². The van der Waals surface area contributed by atoms with Crippen LogP contribution in [0.15, 0.2) is 12.2 Å². The van der Waals surface area contributed by atoms with Crippen LogP contribution < -0.4 is 5.32 Å².